The van der Waals surface area contributed by atoms with Crippen molar-refractivity contribution in [2.45, 2.75) is 6.54 Å². The van der Waals surface area contributed by atoms with E-state index in [1.54, 1.807) is 12.1 Å². The summed E-state index contributed by atoms with van der Waals surface area (Å²) in [4.78, 5) is 17.0. The van der Waals surface area contributed by atoms with Crippen LogP contribution in [0.15, 0.2) is 91.0 Å². The van der Waals surface area contributed by atoms with E-state index < -0.39 is 5.97 Å². The lowest BCUT2D eigenvalue weighted by atomic mass is 9.98. The van der Waals surface area contributed by atoms with Gasteiger partial charge in [0.15, 0.2) is 0 Å². The molecule has 1 saturated heterocycles. The summed E-state index contributed by atoms with van der Waals surface area (Å²) in [5.74, 6) is 0.969. The predicted molar refractivity (Wildman–Crippen MR) is 150 cm³/mol. The third-order valence-corrected chi connectivity index (χ3v) is 7.02. The van der Waals surface area contributed by atoms with Gasteiger partial charge in [0.1, 0.15) is 22.8 Å². The fourth-order valence-corrected chi connectivity index (χ4v) is 4.84. The van der Waals surface area contributed by atoms with Gasteiger partial charge in [0.05, 0.1) is 7.11 Å². The zero-order valence-corrected chi connectivity index (χ0v) is 21.9. The molecule has 0 spiro atoms. The second-order valence-corrected chi connectivity index (χ2v) is 9.60. The van der Waals surface area contributed by atoms with Gasteiger partial charge in [-0.1, -0.05) is 54.1 Å². The highest BCUT2D eigenvalue weighted by molar-refractivity contribution is 6.30. The van der Waals surface area contributed by atoms with Gasteiger partial charge in [-0.15, -0.1) is 0 Å². The van der Waals surface area contributed by atoms with Crippen molar-refractivity contribution in [1.29, 1.82) is 0 Å². The van der Waals surface area contributed by atoms with Crippen LogP contribution in [0.3, 0.4) is 0 Å². The number of esters is 1. The molecule has 5 rings (SSSR count). The summed E-state index contributed by atoms with van der Waals surface area (Å²) in [6.07, 6.45) is 0. The van der Waals surface area contributed by atoms with Gasteiger partial charge < -0.3 is 19.5 Å². The number of phenols is 1. The number of piperazine rings is 1. The molecule has 0 bridgehead atoms. The molecule has 38 heavy (non-hydrogen) atoms. The average molecular weight is 529 g/mol. The Kier molecular flexibility index (Phi) is 7.82. The van der Waals surface area contributed by atoms with E-state index >= 15 is 0 Å². The van der Waals surface area contributed by atoms with Crippen molar-refractivity contribution in [3.05, 3.63) is 107 Å². The van der Waals surface area contributed by atoms with E-state index in [0.29, 0.717) is 34.4 Å². The van der Waals surface area contributed by atoms with Crippen LogP contribution in [0.25, 0.3) is 11.1 Å². The average Bonchev–Trinajstić information content (AvgIpc) is 2.95. The van der Waals surface area contributed by atoms with Gasteiger partial charge in [-0.3, -0.25) is 4.90 Å². The van der Waals surface area contributed by atoms with Crippen LogP contribution in [-0.2, 0) is 11.3 Å². The number of benzene rings is 4. The number of para-hydroxylation sites is 1. The molecule has 1 fully saturated rings. The van der Waals surface area contributed by atoms with E-state index in [0.717, 1.165) is 48.6 Å². The monoisotopic (exact) mass is 528 g/mol. The Bertz CT molecular complexity index is 1400. The summed E-state index contributed by atoms with van der Waals surface area (Å²) in [5, 5.41) is 11.4. The first-order valence-corrected chi connectivity index (χ1v) is 12.9. The smallest absolute Gasteiger partial charge is 0.341 e. The number of ether oxygens (including phenoxy) is 2. The van der Waals surface area contributed by atoms with Crippen LogP contribution in [0.4, 0.5) is 5.69 Å². The lowest BCUT2D eigenvalue weighted by molar-refractivity contribution is 0.0598. The van der Waals surface area contributed by atoms with Crippen LogP contribution in [-0.4, -0.2) is 49.3 Å². The second-order valence-electron chi connectivity index (χ2n) is 9.16. The van der Waals surface area contributed by atoms with Gasteiger partial charge in [-0.2, -0.15) is 0 Å². The lowest BCUT2D eigenvalue weighted by Gasteiger charge is -2.36. The first-order valence-electron chi connectivity index (χ1n) is 12.5. The number of carbonyl (C=O) groups excluding carboxylic acids is 1. The third kappa shape index (κ3) is 5.77. The molecule has 0 saturated carbocycles. The molecular weight excluding hydrogens is 500 g/mol. The topological polar surface area (TPSA) is 62.2 Å². The summed E-state index contributed by atoms with van der Waals surface area (Å²) in [7, 11) is 1.37. The van der Waals surface area contributed by atoms with Crippen LogP contribution < -0.4 is 9.64 Å². The molecular formula is C31H29ClN2O4. The molecule has 1 heterocycles. The summed E-state index contributed by atoms with van der Waals surface area (Å²) < 4.78 is 11.0. The second kappa shape index (κ2) is 11.6. The molecule has 0 amide bonds. The summed E-state index contributed by atoms with van der Waals surface area (Å²) in [5.41, 5.74) is 4.30. The summed E-state index contributed by atoms with van der Waals surface area (Å²) in [6.45, 7) is 3.88. The van der Waals surface area contributed by atoms with E-state index in [1.807, 2.05) is 78.9 Å². The normalized spacial score (nSPS) is 13.8. The minimum Gasteiger partial charge on any atom is -0.508 e. The van der Waals surface area contributed by atoms with Gasteiger partial charge in [-0.25, -0.2) is 4.79 Å². The number of nitrogens with zero attached hydrogens (tertiary/aromatic N) is 2. The highest BCUT2D eigenvalue weighted by Gasteiger charge is 2.22. The molecule has 0 radical (unpaired) electrons. The Morgan fingerprint density at radius 2 is 1.63 bits per heavy atom. The van der Waals surface area contributed by atoms with Gasteiger partial charge in [0.25, 0.3) is 0 Å². The largest absolute Gasteiger partial charge is 0.508 e. The quantitative estimate of drug-likeness (QED) is 0.272. The predicted octanol–water partition coefficient (Wildman–Crippen LogP) is 6.61. The van der Waals surface area contributed by atoms with Crippen molar-refractivity contribution < 1.29 is 19.4 Å². The number of aromatic hydroxyl groups is 1. The molecule has 1 aliphatic heterocycles. The first-order chi connectivity index (χ1) is 18.5. The molecule has 0 aromatic heterocycles. The molecule has 1 aliphatic rings. The van der Waals surface area contributed by atoms with Gasteiger partial charge in [0.2, 0.25) is 0 Å². The van der Waals surface area contributed by atoms with Crippen molar-refractivity contribution in [3.8, 4) is 28.4 Å². The maximum atomic E-state index is 12.4. The summed E-state index contributed by atoms with van der Waals surface area (Å²) >= 11 is 6.08. The minimum absolute atomic E-state index is 0.293. The standard InChI is InChI=1S/C31H29ClN2O4/c1-37-31(36)27-15-14-24(20-30(27)38-25-6-3-2-4-7-25)34-18-16-33(17-19-34)21-28-26(8-5-9-29(28)35)22-10-12-23(32)13-11-22/h2-15,20,35H,16-19,21H2,1H3. The van der Waals surface area contributed by atoms with Gasteiger partial charge >= 0.3 is 5.97 Å². The molecule has 1 N–H and O–H groups in total. The highest BCUT2D eigenvalue weighted by Crippen LogP contribution is 2.34. The highest BCUT2D eigenvalue weighted by atomic mass is 35.5. The zero-order chi connectivity index (χ0) is 26.5. The molecule has 194 valence electrons. The van der Waals surface area contributed by atoms with Gasteiger partial charge in [-0.05, 0) is 53.6 Å². The van der Waals surface area contributed by atoms with Crippen LogP contribution in [0.1, 0.15) is 15.9 Å². The maximum absolute atomic E-state index is 12.4. The van der Waals surface area contributed by atoms with Crippen molar-refractivity contribution in [2.24, 2.45) is 0 Å². The fourth-order valence-electron chi connectivity index (χ4n) is 4.71. The Labute approximate surface area is 227 Å². The molecule has 0 atom stereocenters. The van der Waals surface area contributed by atoms with Crippen LogP contribution in [0.2, 0.25) is 5.02 Å². The van der Waals surface area contributed by atoms with Crippen molar-refractivity contribution in [1.82, 2.24) is 4.90 Å². The van der Waals surface area contributed by atoms with Crippen molar-refractivity contribution in [3.63, 3.8) is 0 Å². The number of hydrogen-bond donors (Lipinski definition) is 1. The van der Waals surface area contributed by atoms with E-state index in [-0.39, 0.29) is 0 Å². The Morgan fingerprint density at radius 1 is 0.895 bits per heavy atom. The molecule has 0 aliphatic carbocycles. The number of rotatable bonds is 7. The maximum Gasteiger partial charge on any atom is 0.341 e. The molecule has 0 unspecified atom stereocenters. The van der Waals surface area contributed by atoms with E-state index in [1.165, 1.54) is 7.11 Å². The van der Waals surface area contributed by atoms with Crippen molar-refractivity contribution >= 4 is 23.3 Å². The SMILES string of the molecule is COC(=O)c1ccc(N2CCN(Cc3c(O)cccc3-c3ccc(Cl)cc3)CC2)cc1Oc1ccccc1. The van der Waals surface area contributed by atoms with E-state index in [9.17, 15) is 9.90 Å². The minimum atomic E-state index is -0.438. The Balaban J connectivity index is 1.31. The molecule has 4 aromatic rings. The van der Waals surface area contributed by atoms with Crippen LogP contribution in [0.5, 0.6) is 17.2 Å². The van der Waals surface area contributed by atoms with Crippen LogP contribution in [0, 0.1) is 0 Å². The van der Waals surface area contributed by atoms with E-state index in [2.05, 4.69) is 9.80 Å². The Morgan fingerprint density at radius 3 is 2.34 bits per heavy atom. The number of carbonyl (C=O) groups is 1. The molecule has 6 nitrogen and oxygen atoms in total. The third-order valence-electron chi connectivity index (χ3n) is 6.77. The number of anilines is 1. The summed E-state index contributed by atoms with van der Waals surface area (Å²) in [6, 6.07) is 28.3. The van der Waals surface area contributed by atoms with Gasteiger partial charge in [0, 0.05) is 55.1 Å². The number of halogens is 1. The number of methoxy groups -OCH3 is 1. The van der Waals surface area contributed by atoms with Crippen LogP contribution >= 0.6 is 11.6 Å². The molecule has 7 heteroatoms. The lowest BCUT2D eigenvalue weighted by Crippen LogP contribution is -2.46. The molecule has 4 aromatic carbocycles. The Hall–Kier alpha value is -4.00. The first kappa shape index (κ1) is 25.6. The van der Waals surface area contributed by atoms with E-state index in [4.69, 9.17) is 21.1 Å². The number of hydrogen-bond acceptors (Lipinski definition) is 6. The van der Waals surface area contributed by atoms with Crippen molar-refractivity contribution in [2.75, 3.05) is 38.2 Å². The number of phenolic OH excluding ortho intramolecular Hbond substituents is 1. The zero-order valence-electron chi connectivity index (χ0n) is 21.1. The fraction of sp³-hybridized carbons (Fsp3) is 0.194.